The fourth-order valence-electron chi connectivity index (χ4n) is 2.65. The number of aromatic amines is 1. The van der Waals surface area contributed by atoms with Gasteiger partial charge in [0.15, 0.2) is 0 Å². The van der Waals surface area contributed by atoms with Crippen LogP contribution in [-0.2, 0) is 4.74 Å². The summed E-state index contributed by atoms with van der Waals surface area (Å²) in [5.41, 5.74) is -0.462. The number of aromatic nitrogens is 2. The molecule has 1 aromatic rings. The van der Waals surface area contributed by atoms with E-state index >= 15 is 0 Å². The van der Waals surface area contributed by atoms with Gasteiger partial charge in [0, 0.05) is 31.5 Å². The molecule has 0 saturated carbocycles. The highest BCUT2D eigenvalue weighted by Crippen LogP contribution is 2.23. The number of carbonyl (C=O) groups is 1. The molecule has 0 radical (unpaired) electrons. The number of nitrogens with zero attached hydrogens (tertiary/aromatic N) is 2. The van der Waals surface area contributed by atoms with Gasteiger partial charge in [-0.15, -0.1) is 0 Å². The zero-order valence-electron chi connectivity index (χ0n) is 13.3. The second kappa shape index (κ2) is 6.37. The summed E-state index contributed by atoms with van der Waals surface area (Å²) in [6, 6.07) is 0.0811. The molecule has 6 heteroatoms. The summed E-state index contributed by atoms with van der Waals surface area (Å²) < 4.78 is 5.32. The van der Waals surface area contributed by atoms with Gasteiger partial charge in [-0.25, -0.2) is 9.78 Å². The number of rotatable bonds is 3. The van der Waals surface area contributed by atoms with Gasteiger partial charge in [0.2, 0.25) is 5.95 Å². The number of amides is 1. The van der Waals surface area contributed by atoms with E-state index in [1.807, 2.05) is 33.9 Å². The summed E-state index contributed by atoms with van der Waals surface area (Å²) >= 11 is 0. The summed E-state index contributed by atoms with van der Waals surface area (Å²) in [4.78, 5) is 21.5. The van der Waals surface area contributed by atoms with Gasteiger partial charge in [-0.2, -0.15) is 0 Å². The van der Waals surface area contributed by atoms with Gasteiger partial charge in [0.25, 0.3) is 0 Å². The predicted octanol–water partition coefficient (Wildman–Crippen LogP) is 2.54. The van der Waals surface area contributed by atoms with E-state index < -0.39 is 5.60 Å². The molecule has 0 bridgehead atoms. The number of piperidine rings is 1. The number of alkyl carbamates (subject to hydrolysis) is 1. The Labute approximate surface area is 126 Å². The van der Waals surface area contributed by atoms with Gasteiger partial charge in [0.05, 0.1) is 0 Å². The van der Waals surface area contributed by atoms with Crippen LogP contribution in [0.3, 0.4) is 0 Å². The third-order valence-electron chi connectivity index (χ3n) is 3.69. The van der Waals surface area contributed by atoms with Crippen molar-refractivity contribution in [2.75, 3.05) is 18.0 Å². The van der Waals surface area contributed by atoms with Crippen molar-refractivity contribution in [3.8, 4) is 0 Å². The van der Waals surface area contributed by atoms with E-state index in [2.05, 4.69) is 20.2 Å². The fourth-order valence-corrected chi connectivity index (χ4v) is 2.65. The highest BCUT2D eigenvalue weighted by atomic mass is 16.6. The van der Waals surface area contributed by atoms with E-state index in [-0.39, 0.29) is 12.1 Å². The molecule has 0 aromatic carbocycles. The lowest BCUT2D eigenvalue weighted by atomic mass is 9.92. The van der Waals surface area contributed by atoms with Crippen molar-refractivity contribution >= 4 is 12.0 Å². The first kappa shape index (κ1) is 15.7. The predicted molar refractivity (Wildman–Crippen MR) is 82.4 cm³/mol. The average molecular weight is 294 g/mol. The van der Waals surface area contributed by atoms with Crippen molar-refractivity contribution in [1.82, 2.24) is 15.3 Å². The standard InChI is InChI=1S/C15H26N4O2/c1-11(18-14(20)21-15(2,3)4)12-6-5-9-19(10-12)13-16-7-8-17-13/h7-8,11-12H,5-6,9-10H2,1-4H3,(H,16,17)(H,18,20). The van der Waals surface area contributed by atoms with Crippen LogP contribution in [0.2, 0.25) is 0 Å². The average Bonchev–Trinajstić information content (AvgIpc) is 2.90. The molecule has 2 atom stereocenters. The van der Waals surface area contributed by atoms with Crippen molar-refractivity contribution in [3.05, 3.63) is 12.4 Å². The monoisotopic (exact) mass is 294 g/mol. The SMILES string of the molecule is CC(NC(=O)OC(C)(C)C)C1CCCN(c2ncc[nH]2)C1. The van der Waals surface area contributed by atoms with Crippen LogP contribution in [0, 0.1) is 5.92 Å². The molecule has 2 heterocycles. The molecule has 1 fully saturated rings. The van der Waals surface area contributed by atoms with E-state index in [1.54, 1.807) is 6.20 Å². The second-order valence-electron chi connectivity index (χ2n) is 6.70. The first-order valence-electron chi connectivity index (χ1n) is 7.59. The Morgan fingerprint density at radius 2 is 2.33 bits per heavy atom. The van der Waals surface area contributed by atoms with Gasteiger partial charge in [-0.1, -0.05) is 0 Å². The maximum atomic E-state index is 11.9. The van der Waals surface area contributed by atoms with Crippen LogP contribution >= 0.6 is 0 Å². The molecule has 1 aliphatic heterocycles. The first-order chi connectivity index (χ1) is 9.85. The van der Waals surface area contributed by atoms with E-state index in [0.717, 1.165) is 31.9 Å². The Hall–Kier alpha value is -1.72. The molecular weight excluding hydrogens is 268 g/mol. The molecule has 2 rings (SSSR count). The van der Waals surface area contributed by atoms with Crippen molar-refractivity contribution < 1.29 is 9.53 Å². The number of anilines is 1. The number of hydrogen-bond donors (Lipinski definition) is 2. The fraction of sp³-hybridized carbons (Fsp3) is 0.733. The molecule has 2 unspecified atom stereocenters. The number of imidazole rings is 1. The van der Waals surface area contributed by atoms with E-state index in [1.165, 1.54) is 0 Å². The third kappa shape index (κ3) is 4.65. The van der Waals surface area contributed by atoms with Gasteiger partial charge in [0.1, 0.15) is 5.60 Å². The Morgan fingerprint density at radius 3 is 2.95 bits per heavy atom. The van der Waals surface area contributed by atoms with Gasteiger partial charge >= 0.3 is 6.09 Å². The van der Waals surface area contributed by atoms with Gasteiger partial charge in [-0.05, 0) is 46.5 Å². The molecule has 2 N–H and O–H groups in total. The minimum Gasteiger partial charge on any atom is -0.444 e. The molecule has 21 heavy (non-hydrogen) atoms. The summed E-state index contributed by atoms with van der Waals surface area (Å²) in [5.74, 6) is 1.31. The highest BCUT2D eigenvalue weighted by Gasteiger charge is 2.28. The molecule has 0 aliphatic carbocycles. The molecule has 6 nitrogen and oxygen atoms in total. The largest absolute Gasteiger partial charge is 0.444 e. The lowest BCUT2D eigenvalue weighted by Crippen LogP contribution is -2.47. The number of hydrogen-bond acceptors (Lipinski definition) is 4. The molecule has 1 aromatic heterocycles. The quantitative estimate of drug-likeness (QED) is 0.898. The molecule has 0 spiro atoms. The van der Waals surface area contributed by atoms with Crippen LogP contribution in [-0.4, -0.2) is 40.8 Å². The van der Waals surface area contributed by atoms with Crippen LogP contribution in [0.15, 0.2) is 12.4 Å². The minimum absolute atomic E-state index is 0.0811. The highest BCUT2D eigenvalue weighted by molar-refractivity contribution is 5.68. The van der Waals surface area contributed by atoms with E-state index in [9.17, 15) is 4.79 Å². The zero-order valence-corrected chi connectivity index (χ0v) is 13.3. The van der Waals surface area contributed by atoms with E-state index in [0.29, 0.717) is 5.92 Å². The molecular formula is C15H26N4O2. The third-order valence-corrected chi connectivity index (χ3v) is 3.69. The molecule has 118 valence electrons. The van der Waals surface area contributed by atoms with Gasteiger partial charge < -0.3 is 19.9 Å². The smallest absolute Gasteiger partial charge is 0.407 e. The lowest BCUT2D eigenvalue weighted by Gasteiger charge is -2.36. The Balaban J connectivity index is 1.87. The summed E-state index contributed by atoms with van der Waals surface area (Å²) in [6.45, 7) is 9.55. The topological polar surface area (TPSA) is 70.2 Å². The number of ether oxygens (including phenoxy) is 1. The first-order valence-corrected chi connectivity index (χ1v) is 7.59. The van der Waals surface area contributed by atoms with Crippen molar-refractivity contribution in [1.29, 1.82) is 0 Å². The van der Waals surface area contributed by atoms with Crippen LogP contribution in [0.4, 0.5) is 10.7 Å². The second-order valence-corrected chi connectivity index (χ2v) is 6.70. The Morgan fingerprint density at radius 1 is 1.57 bits per heavy atom. The number of carbonyl (C=O) groups excluding carboxylic acids is 1. The van der Waals surface area contributed by atoms with Crippen LogP contribution in [0.25, 0.3) is 0 Å². The van der Waals surface area contributed by atoms with Crippen molar-refractivity contribution in [2.45, 2.75) is 52.2 Å². The Kier molecular flexibility index (Phi) is 4.75. The lowest BCUT2D eigenvalue weighted by molar-refractivity contribution is 0.0489. The van der Waals surface area contributed by atoms with Crippen molar-refractivity contribution in [3.63, 3.8) is 0 Å². The maximum absolute atomic E-state index is 11.9. The number of nitrogens with one attached hydrogen (secondary N) is 2. The molecule has 1 amide bonds. The maximum Gasteiger partial charge on any atom is 0.407 e. The normalized spacial score (nSPS) is 21.0. The van der Waals surface area contributed by atoms with Crippen LogP contribution < -0.4 is 10.2 Å². The zero-order chi connectivity index (χ0) is 15.5. The van der Waals surface area contributed by atoms with Crippen molar-refractivity contribution in [2.24, 2.45) is 5.92 Å². The minimum atomic E-state index is -0.462. The van der Waals surface area contributed by atoms with E-state index in [4.69, 9.17) is 4.74 Å². The summed E-state index contributed by atoms with van der Waals surface area (Å²) in [6.07, 6.45) is 5.47. The summed E-state index contributed by atoms with van der Waals surface area (Å²) in [7, 11) is 0. The van der Waals surface area contributed by atoms with Crippen LogP contribution in [0.1, 0.15) is 40.5 Å². The van der Waals surface area contributed by atoms with Crippen LogP contribution in [0.5, 0.6) is 0 Å². The van der Waals surface area contributed by atoms with Gasteiger partial charge in [-0.3, -0.25) is 0 Å². The number of H-pyrrole nitrogens is 1. The molecule has 1 aliphatic rings. The Bertz CT molecular complexity index is 453. The summed E-state index contributed by atoms with van der Waals surface area (Å²) in [5, 5.41) is 2.95. The molecule has 1 saturated heterocycles.